The van der Waals surface area contributed by atoms with Crippen LogP contribution >= 0.6 is 0 Å². The quantitative estimate of drug-likeness (QED) is 0.270. The minimum Gasteiger partial charge on any atom is -0.497 e. The molecule has 1 aliphatic heterocycles. The van der Waals surface area contributed by atoms with Gasteiger partial charge in [0.2, 0.25) is 5.88 Å². The number of methoxy groups -OCH3 is 1. The normalized spacial score (nSPS) is 14.4. The molecule has 0 fully saturated rings. The summed E-state index contributed by atoms with van der Waals surface area (Å²) in [6, 6.07) is 21.6. The third kappa shape index (κ3) is 5.07. The van der Waals surface area contributed by atoms with Gasteiger partial charge in [0.05, 0.1) is 19.6 Å². The number of benzene rings is 3. The fourth-order valence-electron chi connectivity index (χ4n) is 3.91. The molecule has 3 aromatic carbocycles. The summed E-state index contributed by atoms with van der Waals surface area (Å²) in [7, 11) is 1.58. The second-order valence-electron chi connectivity index (χ2n) is 7.99. The molecule has 1 aliphatic rings. The minimum atomic E-state index is -0.543. The molecule has 7 nitrogen and oxygen atoms in total. The predicted molar refractivity (Wildman–Crippen MR) is 131 cm³/mol. The van der Waals surface area contributed by atoms with E-state index in [9.17, 15) is 10.1 Å². The van der Waals surface area contributed by atoms with Gasteiger partial charge in [0, 0.05) is 11.6 Å². The lowest BCUT2D eigenvalue weighted by Crippen LogP contribution is -2.21. The Labute approximate surface area is 204 Å². The van der Waals surface area contributed by atoms with E-state index in [0.717, 1.165) is 24.0 Å². The first kappa shape index (κ1) is 23.7. The lowest BCUT2D eigenvalue weighted by molar-refractivity contribution is 0.0730. The smallest absolute Gasteiger partial charge is 0.347 e. The number of hydrogen-bond donors (Lipinski definition) is 1. The predicted octanol–water partition coefficient (Wildman–Crippen LogP) is 5.31. The fourth-order valence-corrected chi connectivity index (χ4v) is 3.91. The van der Waals surface area contributed by atoms with Gasteiger partial charge in [0.25, 0.3) is 0 Å². The van der Waals surface area contributed by atoms with E-state index in [2.05, 4.69) is 13.0 Å². The average molecular weight is 471 g/mol. The summed E-state index contributed by atoms with van der Waals surface area (Å²) < 4.78 is 22.5. The summed E-state index contributed by atoms with van der Waals surface area (Å²) in [4.78, 5) is 12.9. The number of esters is 1. The minimum absolute atomic E-state index is 0.00552. The number of unbranched alkanes of at least 4 members (excludes halogenated alkanes) is 1. The maximum absolute atomic E-state index is 12.9. The molecule has 0 spiro atoms. The zero-order chi connectivity index (χ0) is 24.8. The van der Waals surface area contributed by atoms with Crippen LogP contribution in [-0.4, -0.2) is 19.7 Å². The molecule has 0 saturated carbocycles. The van der Waals surface area contributed by atoms with Crippen molar-refractivity contribution in [1.82, 2.24) is 0 Å². The van der Waals surface area contributed by atoms with Crippen LogP contribution in [0.2, 0.25) is 0 Å². The zero-order valence-electron chi connectivity index (χ0n) is 19.6. The molecule has 1 heterocycles. The summed E-state index contributed by atoms with van der Waals surface area (Å²) in [6.45, 7) is 2.59. The summed E-state index contributed by atoms with van der Waals surface area (Å²) in [5.41, 5.74) is 8.30. The van der Waals surface area contributed by atoms with Crippen LogP contribution in [0.1, 0.15) is 47.2 Å². The van der Waals surface area contributed by atoms with Crippen LogP contribution in [0.5, 0.6) is 23.0 Å². The van der Waals surface area contributed by atoms with E-state index in [1.807, 2.05) is 30.3 Å². The Bertz CT molecular complexity index is 1310. The van der Waals surface area contributed by atoms with E-state index in [-0.39, 0.29) is 11.6 Å². The van der Waals surface area contributed by atoms with Gasteiger partial charge in [0.1, 0.15) is 40.2 Å². The fraction of sp³-hybridized carbons (Fsp3) is 0.214. The molecule has 1 unspecified atom stereocenters. The zero-order valence-corrected chi connectivity index (χ0v) is 19.6. The third-order valence-corrected chi connectivity index (χ3v) is 5.69. The lowest BCUT2D eigenvalue weighted by atomic mass is 9.83. The maximum Gasteiger partial charge on any atom is 0.347 e. The van der Waals surface area contributed by atoms with Gasteiger partial charge in [0.15, 0.2) is 0 Å². The van der Waals surface area contributed by atoms with Crippen molar-refractivity contribution in [2.24, 2.45) is 5.73 Å². The van der Waals surface area contributed by atoms with E-state index < -0.39 is 11.9 Å². The van der Waals surface area contributed by atoms with Crippen molar-refractivity contribution in [2.45, 2.75) is 25.7 Å². The monoisotopic (exact) mass is 470 g/mol. The van der Waals surface area contributed by atoms with Crippen molar-refractivity contribution in [3.63, 3.8) is 0 Å². The molecule has 2 N–H and O–H groups in total. The number of para-hydroxylation sites is 1. The van der Waals surface area contributed by atoms with Gasteiger partial charge < -0.3 is 24.7 Å². The van der Waals surface area contributed by atoms with Gasteiger partial charge >= 0.3 is 5.97 Å². The first-order chi connectivity index (χ1) is 17.0. The number of nitrogens with two attached hydrogens (primary N) is 1. The highest BCUT2D eigenvalue weighted by Crippen LogP contribution is 2.44. The van der Waals surface area contributed by atoms with Crippen LogP contribution in [-0.2, 0) is 0 Å². The molecular formula is C28H26N2O5. The van der Waals surface area contributed by atoms with Crippen LogP contribution in [0.3, 0.4) is 0 Å². The van der Waals surface area contributed by atoms with Crippen LogP contribution < -0.4 is 24.7 Å². The first-order valence-electron chi connectivity index (χ1n) is 11.3. The van der Waals surface area contributed by atoms with Crippen molar-refractivity contribution in [1.29, 1.82) is 5.26 Å². The van der Waals surface area contributed by atoms with Gasteiger partial charge in [-0.25, -0.2) is 4.79 Å². The number of fused-ring (bicyclic) bond motifs is 1. The van der Waals surface area contributed by atoms with Crippen molar-refractivity contribution in [3.8, 4) is 29.1 Å². The summed E-state index contributed by atoms with van der Waals surface area (Å²) in [5, 5.41) is 9.77. The molecule has 1 atom stereocenters. The van der Waals surface area contributed by atoms with E-state index in [4.69, 9.17) is 24.7 Å². The van der Waals surface area contributed by atoms with E-state index in [0.29, 0.717) is 35.0 Å². The van der Waals surface area contributed by atoms with E-state index in [1.54, 1.807) is 43.5 Å². The highest BCUT2D eigenvalue weighted by atomic mass is 16.5. The molecule has 35 heavy (non-hydrogen) atoms. The standard InChI is InChI=1S/C28H26N2O5/c1-3-4-14-33-24-11-6-5-10-22(24)28(31)34-20-12-13-21-25(16-20)35-27(30)23(17-29)26(21)18-8-7-9-19(15-18)32-2/h5-13,15-16,26H,3-4,14,30H2,1-2H3. The molecule has 4 rings (SSSR count). The SMILES string of the molecule is CCCCOc1ccccc1C(=O)Oc1ccc2c(c1)OC(N)=C(C#N)C2c1cccc(OC)c1. The Balaban J connectivity index is 1.63. The topological polar surface area (TPSA) is 104 Å². The van der Waals surface area contributed by atoms with Crippen molar-refractivity contribution in [2.75, 3.05) is 13.7 Å². The van der Waals surface area contributed by atoms with E-state index in [1.165, 1.54) is 0 Å². The van der Waals surface area contributed by atoms with Crippen LogP contribution in [0.25, 0.3) is 0 Å². The number of allylic oxidation sites excluding steroid dienone is 1. The van der Waals surface area contributed by atoms with Crippen LogP contribution in [0.15, 0.2) is 78.2 Å². The molecule has 0 aromatic heterocycles. The van der Waals surface area contributed by atoms with Crippen LogP contribution in [0, 0.1) is 11.3 Å². The highest BCUT2D eigenvalue weighted by Gasteiger charge is 2.31. The molecule has 178 valence electrons. The van der Waals surface area contributed by atoms with Gasteiger partial charge in [-0.3, -0.25) is 0 Å². The molecule has 0 aliphatic carbocycles. The molecule has 0 amide bonds. The summed E-state index contributed by atoms with van der Waals surface area (Å²) >= 11 is 0. The molecular weight excluding hydrogens is 444 g/mol. The van der Waals surface area contributed by atoms with Gasteiger partial charge in [-0.05, 0) is 42.3 Å². The van der Waals surface area contributed by atoms with Crippen molar-refractivity contribution < 1.29 is 23.7 Å². The lowest BCUT2D eigenvalue weighted by Gasteiger charge is -2.27. The van der Waals surface area contributed by atoms with Gasteiger partial charge in [-0.15, -0.1) is 0 Å². The largest absolute Gasteiger partial charge is 0.497 e. The highest BCUT2D eigenvalue weighted by molar-refractivity contribution is 5.94. The Morgan fingerprint density at radius 2 is 1.91 bits per heavy atom. The number of nitriles is 1. The van der Waals surface area contributed by atoms with Crippen LogP contribution in [0.4, 0.5) is 0 Å². The number of nitrogens with zero attached hydrogens (tertiary/aromatic N) is 1. The number of hydrogen-bond acceptors (Lipinski definition) is 7. The third-order valence-electron chi connectivity index (χ3n) is 5.69. The van der Waals surface area contributed by atoms with Crippen molar-refractivity contribution >= 4 is 5.97 Å². The van der Waals surface area contributed by atoms with Crippen molar-refractivity contribution in [3.05, 3.63) is 94.9 Å². The second-order valence-corrected chi connectivity index (χ2v) is 7.99. The Kier molecular flexibility index (Phi) is 7.22. The van der Waals surface area contributed by atoms with E-state index >= 15 is 0 Å². The molecule has 7 heteroatoms. The second kappa shape index (κ2) is 10.7. The molecule has 0 saturated heterocycles. The van der Waals surface area contributed by atoms with Gasteiger partial charge in [-0.1, -0.05) is 43.7 Å². The summed E-state index contributed by atoms with van der Waals surface area (Å²) in [5.74, 6) is 0.850. The number of ether oxygens (including phenoxy) is 4. The summed E-state index contributed by atoms with van der Waals surface area (Å²) in [6.07, 6.45) is 1.88. The maximum atomic E-state index is 12.9. The Hall–Kier alpha value is -4.44. The number of carbonyl (C=O) groups excluding carboxylic acids is 1. The number of rotatable bonds is 8. The average Bonchev–Trinajstić information content (AvgIpc) is 2.88. The van der Waals surface area contributed by atoms with Gasteiger partial charge in [-0.2, -0.15) is 5.26 Å². The Morgan fingerprint density at radius 1 is 1.09 bits per heavy atom. The molecule has 0 bridgehead atoms. The molecule has 0 radical (unpaired) electrons. The Morgan fingerprint density at radius 3 is 2.69 bits per heavy atom. The number of carbonyl (C=O) groups is 1. The molecule has 3 aromatic rings. The first-order valence-corrected chi connectivity index (χ1v) is 11.3.